The molecule has 0 unspecified atom stereocenters. The smallest absolute Gasteiger partial charge is 0.267 e. The average molecular weight is 339 g/mol. The third-order valence-electron chi connectivity index (χ3n) is 2.45. The van der Waals surface area contributed by atoms with Crippen molar-refractivity contribution in [1.29, 1.82) is 0 Å². The van der Waals surface area contributed by atoms with E-state index in [0.29, 0.717) is 16.0 Å². The van der Waals surface area contributed by atoms with E-state index in [-0.39, 0.29) is 0 Å². The molecular formula is C13H12BrFN4O. The summed E-state index contributed by atoms with van der Waals surface area (Å²) in [5.74, 6) is -0.534. The number of hydrogen-bond acceptors (Lipinski definition) is 4. The number of hydrazine groups is 1. The first kappa shape index (κ1) is 14.4. The third kappa shape index (κ3) is 3.51. The summed E-state index contributed by atoms with van der Waals surface area (Å²) < 4.78 is 13.3. The normalized spacial score (nSPS) is 10.2. The Morgan fingerprint density at radius 2 is 1.85 bits per heavy atom. The van der Waals surface area contributed by atoms with E-state index in [1.165, 1.54) is 18.2 Å². The summed E-state index contributed by atoms with van der Waals surface area (Å²) >= 11 is 3.14. The molecule has 0 aliphatic rings. The quantitative estimate of drug-likeness (QED) is 0.844. The van der Waals surface area contributed by atoms with Gasteiger partial charge in [0.2, 0.25) is 5.95 Å². The van der Waals surface area contributed by atoms with E-state index in [1.807, 2.05) is 19.9 Å². The zero-order valence-electron chi connectivity index (χ0n) is 10.9. The van der Waals surface area contributed by atoms with Gasteiger partial charge in [-0.05, 0) is 54.0 Å². The standard InChI is InChI=1S/C13H12BrFN4O/c1-7-5-8(2)17-13(16-7)19-18-12(20)10-4-3-9(15)6-11(10)14/h3-6H,1-2H3,(H,18,20)(H,16,17,19). The number of hydrogen-bond donors (Lipinski definition) is 2. The Bertz CT molecular complexity index is 643. The lowest BCUT2D eigenvalue weighted by Crippen LogP contribution is -2.30. The Morgan fingerprint density at radius 1 is 1.20 bits per heavy atom. The van der Waals surface area contributed by atoms with Gasteiger partial charge in [0.15, 0.2) is 0 Å². The summed E-state index contributed by atoms with van der Waals surface area (Å²) in [6.45, 7) is 3.66. The Kier molecular flexibility index (Phi) is 4.29. The number of amides is 1. The molecular weight excluding hydrogens is 327 g/mol. The molecule has 2 N–H and O–H groups in total. The van der Waals surface area contributed by atoms with Gasteiger partial charge in [0, 0.05) is 15.9 Å². The Hall–Kier alpha value is -2.02. The van der Waals surface area contributed by atoms with Crippen LogP contribution in [0.15, 0.2) is 28.7 Å². The maximum absolute atomic E-state index is 13.0. The number of nitrogens with one attached hydrogen (secondary N) is 2. The van der Waals surface area contributed by atoms with E-state index in [2.05, 4.69) is 36.7 Å². The summed E-state index contributed by atoms with van der Waals surface area (Å²) in [5.41, 5.74) is 6.98. The fraction of sp³-hybridized carbons (Fsp3) is 0.154. The van der Waals surface area contributed by atoms with Crippen LogP contribution in [0.1, 0.15) is 21.7 Å². The first-order valence-corrected chi connectivity index (χ1v) is 6.58. The molecule has 104 valence electrons. The lowest BCUT2D eigenvalue weighted by molar-refractivity contribution is 0.0961. The van der Waals surface area contributed by atoms with Gasteiger partial charge >= 0.3 is 0 Å². The highest BCUT2D eigenvalue weighted by molar-refractivity contribution is 9.10. The number of aryl methyl sites for hydroxylation is 2. The zero-order valence-corrected chi connectivity index (χ0v) is 12.5. The summed E-state index contributed by atoms with van der Waals surface area (Å²) in [7, 11) is 0. The van der Waals surface area contributed by atoms with Crippen LogP contribution in [0.5, 0.6) is 0 Å². The van der Waals surface area contributed by atoms with Crippen LogP contribution in [0.3, 0.4) is 0 Å². The molecule has 1 aromatic carbocycles. The van der Waals surface area contributed by atoms with E-state index in [9.17, 15) is 9.18 Å². The molecule has 0 saturated heterocycles. The van der Waals surface area contributed by atoms with Crippen LogP contribution in [0.4, 0.5) is 10.3 Å². The van der Waals surface area contributed by atoms with Crippen molar-refractivity contribution in [2.75, 3.05) is 5.43 Å². The predicted octanol–water partition coefficient (Wildman–Crippen LogP) is 2.75. The molecule has 0 aliphatic heterocycles. The number of carbonyl (C=O) groups is 1. The van der Waals surface area contributed by atoms with Crippen LogP contribution >= 0.6 is 15.9 Å². The summed E-state index contributed by atoms with van der Waals surface area (Å²) in [4.78, 5) is 20.2. The highest BCUT2D eigenvalue weighted by Gasteiger charge is 2.11. The molecule has 1 aromatic heterocycles. The van der Waals surface area contributed by atoms with Crippen molar-refractivity contribution in [1.82, 2.24) is 15.4 Å². The Morgan fingerprint density at radius 3 is 2.45 bits per heavy atom. The molecule has 2 aromatic rings. The average Bonchev–Trinajstić information content (AvgIpc) is 2.35. The van der Waals surface area contributed by atoms with Gasteiger partial charge in [-0.3, -0.25) is 15.6 Å². The van der Waals surface area contributed by atoms with E-state index < -0.39 is 11.7 Å². The first-order valence-electron chi connectivity index (χ1n) is 5.79. The van der Waals surface area contributed by atoms with Crippen LogP contribution in [0.25, 0.3) is 0 Å². The topological polar surface area (TPSA) is 66.9 Å². The molecule has 0 radical (unpaired) electrons. The van der Waals surface area contributed by atoms with Crippen LogP contribution in [0.2, 0.25) is 0 Å². The third-order valence-corrected chi connectivity index (χ3v) is 3.10. The highest BCUT2D eigenvalue weighted by Crippen LogP contribution is 2.17. The number of halogens is 2. The Labute approximate surface area is 123 Å². The van der Waals surface area contributed by atoms with Crippen molar-refractivity contribution in [2.45, 2.75) is 13.8 Å². The van der Waals surface area contributed by atoms with Crippen LogP contribution in [-0.4, -0.2) is 15.9 Å². The second kappa shape index (κ2) is 5.96. The lowest BCUT2D eigenvalue weighted by Gasteiger charge is -2.09. The van der Waals surface area contributed by atoms with Gasteiger partial charge < -0.3 is 0 Å². The molecule has 0 aliphatic carbocycles. The molecule has 2 rings (SSSR count). The first-order chi connectivity index (χ1) is 9.45. The molecule has 0 bridgehead atoms. The van der Waals surface area contributed by atoms with E-state index in [1.54, 1.807) is 0 Å². The van der Waals surface area contributed by atoms with Gasteiger partial charge in [-0.15, -0.1) is 0 Å². The summed E-state index contributed by atoms with van der Waals surface area (Å²) in [6.07, 6.45) is 0. The van der Waals surface area contributed by atoms with Gasteiger partial charge in [0.25, 0.3) is 5.91 Å². The fourth-order valence-electron chi connectivity index (χ4n) is 1.64. The molecule has 0 saturated carbocycles. The summed E-state index contributed by atoms with van der Waals surface area (Å²) in [5, 5.41) is 0. The number of benzene rings is 1. The van der Waals surface area contributed by atoms with E-state index in [0.717, 1.165) is 11.4 Å². The van der Waals surface area contributed by atoms with Gasteiger partial charge in [-0.1, -0.05) is 0 Å². The highest BCUT2D eigenvalue weighted by atomic mass is 79.9. The monoisotopic (exact) mass is 338 g/mol. The number of aromatic nitrogens is 2. The maximum atomic E-state index is 13.0. The fourth-order valence-corrected chi connectivity index (χ4v) is 2.17. The molecule has 7 heteroatoms. The number of anilines is 1. The number of carbonyl (C=O) groups excluding carboxylic acids is 1. The van der Waals surface area contributed by atoms with Gasteiger partial charge in [0.05, 0.1) is 5.56 Å². The van der Waals surface area contributed by atoms with Gasteiger partial charge in [-0.2, -0.15) is 0 Å². The molecule has 5 nitrogen and oxygen atoms in total. The van der Waals surface area contributed by atoms with Crippen molar-refractivity contribution in [2.24, 2.45) is 0 Å². The molecule has 1 amide bonds. The minimum atomic E-state index is -0.418. The van der Waals surface area contributed by atoms with Crippen LogP contribution < -0.4 is 10.9 Å². The molecule has 0 spiro atoms. The second-order valence-corrected chi connectivity index (χ2v) is 5.03. The minimum Gasteiger partial charge on any atom is -0.267 e. The second-order valence-electron chi connectivity index (χ2n) is 4.18. The number of rotatable bonds is 3. The number of nitrogens with zero attached hydrogens (tertiary/aromatic N) is 2. The van der Waals surface area contributed by atoms with Crippen molar-refractivity contribution >= 4 is 27.8 Å². The van der Waals surface area contributed by atoms with Gasteiger partial charge in [0.1, 0.15) is 5.82 Å². The molecule has 0 atom stereocenters. The maximum Gasteiger partial charge on any atom is 0.270 e. The van der Waals surface area contributed by atoms with Crippen molar-refractivity contribution < 1.29 is 9.18 Å². The largest absolute Gasteiger partial charge is 0.270 e. The molecule has 0 fully saturated rings. The Balaban J connectivity index is 2.08. The van der Waals surface area contributed by atoms with Crippen molar-refractivity contribution in [3.05, 3.63) is 51.5 Å². The van der Waals surface area contributed by atoms with Crippen molar-refractivity contribution in [3.63, 3.8) is 0 Å². The molecule has 20 heavy (non-hydrogen) atoms. The SMILES string of the molecule is Cc1cc(C)nc(NNC(=O)c2ccc(F)cc2Br)n1. The van der Waals surface area contributed by atoms with Crippen LogP contribution in [-0.2, 0) is 0 Å². The van der Waals surface area contributed by atoms with Crippen LogP contribution in [0, 0.1) is 19.7 Å². The lowest BCUT2D eigenvalue weighted by atomic mass is 10.2. The zero-order chi connectivity index (χ0) is 14.7. The molecule has 1 heterocycles. The van der Waals surface area contributed by atoms with Gasteiger partial charge in [-0.25, -0.2) is 14.4 Å². The van der Waals surface area contributed by atoms with E-state index in [4.69, 9.17) is 0 Å². The summed E-state index contributed by atoms with van der Waals surface area (Å²) in [6, 6.07) is 5.65. The van der Waals surface area contributed by atoms with Crippen molar-refractivity contribution in [3.8, 4) is 0 Å². The minimum absolute atomic E-state index is 0.300. The van der Waals surface area contributed by atoms with E-state index >= 15 is 0 Å². The predicted molar refractivity (Wildman–Crippen MR) is 76.7 cm³/mol.